The summed E-state index contributed by atoms with van der Waals surface area (Å²) in [5, 5.41) is 8.22. The molecule has 0 unspecified atom stereocenters. The first-order valence-corrected chi connectivity index (χ1v) is 15.2. The van der Waals surface area contributed by atoms with Gasteiger partial charge in [0, 0.05) is 60.0 Å². The highest BCUT2D eigenvalue weighted by Gasteiger charge is 2.30. The average molecular weight is 591 g/mol. The van der Waals surface area contributed by atoms with E-state index in [0.717, 1.165) is 73.6 Å². The summed E-state index contributed by atoms with van der Waals surface area (Å²) in [5.74, 6) is 5.96. The number of alkyl halides is 3. The topological polar surface area (TPSA) is 41.5 Å². The fraction of sp³-hybridized carbons (Fsp3) is 0.467. The molecule has 2 aliphatic heterocycles. The van der Waals surface area contributed by atoms with E-state index < -0.39 is 12.7 Å². The number of benzene rings is 2. The van der Waals surface area contributed by atoms with E-state index in [-0.39, 0.29) is 12.6 Å². The normalized spacial score (nSPS) is 17.5. The van der Waals surface area contributed by atoms with Crippen molar-refractivity contribution in [3.8, 4) is 11.8 Å². The molecule has 5 rings (SSSR count). The number of rotatable bonds is 7. The predicted molar refractivity (Wildman–Crippen MR) is 159 cm³/mol. The predicted octanol–water partition coefficient (Wildman–Crippen LogP) is 7.10. The van der Waals surface area contributed by atoms with Crippen molar-refractivity contribution in [2.75, 3.05) is 49.7 Å². The van der Waals surface area contributed by atoms with Crippen molar-refractivity contribution in [1.82, 2.24) is 9.47 Å². The van der Waals surface area contributed by atoms with Gasteiger partial charge in [0.25, 0.3) is 0 Å². The van der Waals surface area contributed by atoms with E-state index in [1.807, 2.05) is 36.6 Å². The molecule has 10 heteroatoms. The second kappa shape index (κ2) is 13.0. The number of aromatic nitrogens is 1. The van der Waals surface area contributed by atoms with Crippen LogP contribution in [0.15, 0.2) is 47.4 Å². The standard InChI is InChI=1S/C30H34ClF3N4OS/c1-40-29-8-7-22(18-26(29)31)35-13-3-4-24-19-25-27(5-2-6-28(25)38(24)20-30(32,33)34)36-21-9-14-37(15-10-21)23-11-16-39-17-12-23/h2,5-8,18-19,21,23,35-36H,9-17,20H2,1H3. The van der Waals surface area contributed by atoms with Gasteiger partial charge in [-0.05, 0) is 74.3 Å². The van der Waals surface area contributed by atoms with Gasteiger partial charge in [0.15, 0.2) is 0 Å². The number of fused-ring (bicyclic) bond motifs is 1. The smallest absolute Gasteiger partial charge is 0.382 e. The van der Waals surface area contributed by atoms with Crippen molar-refractivity contribution in [3.63, 3.8) is 0 Å². The molecule has 0 aliphatic carbocycles. The zero-order valence-corrected chi connectivity index (χ0v) is 24.1. The lowest BCUT2D eigenvalue weighted by atomic mass is 9.99. The molecule has 3 aromatic rings. The van der Waals surface area contributed by atoms with Gasteiger partial charge in [-0.15, -0.1) is 11.8 Å². The second-order valence-electron chi connectivity index (χ2n) is 10.3. The molecular formula is C30H34ClF3N4OS. The molecule has 0 atom stereocenters. The third-order valence-electron chi connectivity index (χ3n) is 7.63. The minimum Gasteiger partial charge on any atom is -0.382 e. The summed E-state index contributed by atoms with van der Waals surface area (Å²) < 4.78 is 47.5. The van der Waals surface area contributed by atoms with Crippen LogP contribution in [0.5, 0.6) is 0 Å². The number of piperidine rings is 1. The number of likely N-dealkylation sites (tertiary alicyclic amines) is 1. The maximum Gasteiger partial charge on any atom is 0.406 e. The van der Waals surface area contributed by atoms with Gasteiger partial charge < -0.3 is 24.8 Å². The quantitative estimate of drug-likeness (QED) is 0.227. The van der Waals surface area contributed by atoms with Crippen LogP contribution in [0.1, 0.15) is 31.4 Å². The fourth-order valence-electron chi connectivity index (χ4n) is 5.60. The molecule has 2 N–H and O–H groups in total. The van der Waals surface area contributed by atoms with Gasteiger partial charge in [-0.1, -0.05) is 23.6 Å². The molecule has 0 bridgehead atoms. The van der Waals surface area contributed by atoms with E-state index in [4.69, 9.17) is 16.3 Å². The largest absolute Gasteiger partial charge is 0.406 e. The van der Waals surface area contributed by atoms with Crippen LogP contribution in [0.4, 0.5) is 24.5 Å². The van der Waals surface area contributed by atoms with Crippen LogP contribution in [0, 0.1) is 11.8 Å². The first-order chi connectivity index (χ1) is 19.3. The number of nitrogens with one attached hydrogen (secondary N) is 2. The lowest BCUT2D eigenvalue weighted by molar-refractivity contribution is -0.140. The molecule has 214 valence electrons. The first-order valence-electron chi connectivity index (χ1n) is 13.6. The Bertz CT molecular complexity index is 1370. The van der Waals surface area contributed by atoms with Gasteiger partial charge in [-0.2, -0.15) is 13.2 Å². The highest BCUT2D eigenvalue weighted by atomic mass is 35.5. The molecule has 1 aromatic heterocycles. The third-order valence-corrected chi connectivity index (χ3v) is 8.85. The Hall–Kier alpha value is -2.51. The van der Waals surface area contributed by atoms with Gasteiger partial charge in [-0.25, -0.2) is 0 Å². The van der Waals surface area contributed by atoms with Crippen molar-refractivity contribution in [2.45, 2.75) is 55.4 Å². The van der Waals surface area contributed by atoms with E-state index in [9.17, 15) is 13.2 Å². The minimum absolute atomic E-state index is 0.274. The van der Waals surface area contributed by atoms with Crippen molar-refractivity contribution in [3.05, 3.63) is 53.2 Å². The Labute approximate surface area is 242 Å². The summed E-state index contributed by atoms with van der Waals surface area (Å²) in [6.07, 6.45) is 1.76. The Morgan fingerprint density at radius 1 is 1.07 bits per heavy atom. The zero-order chi connectivity index (χ0) is 28.1. The SMILES string of the molecule is CSc1ccc(NCC#Cc2cc3c(NC4CCN(C5CCOCC5)CC4)cccc3n2CC(F)(F)F)cc1Cl. The highest BCUT2D eigenvalue weighted by Crippen LogP contribution is 2.32. The summed E-state index contributed by atoms with van der Waals surface area (Å²) in [5.41, 5.74) is 2.53. The first kappa shape index (κ1) is 29.0. The van der Waals surface area contributed by atoms with E-state index in [1.165, 1.54) is 4.57 Å². The highest BCUT2D eigenvalue weighted by molar-refractivity contribution is 7.98. The molecule has 0 saturated carbocycles. The number of thioether (sulfide) groups is 1. The molecule has 5 nitrogen and oxygen atoms in total. The van der Waals surface area contributed by atoms with Gasteiger partial charge in [0.1, 0.15) is 6.54 Å². The molecular weight excluding hydrogens is 557 g/mol. The minimum atomic E-state index is -4.36. The Balaban J connectivity index is 1.31. The number of halogens is 4. The van der Waals surface area contributed by atoms with Gasteiger partial charge in [0.2, 0.25) is 0 Å². The summed E-state index contributed by atoms with van der Waals surface area (Å²) in [6.45, 7) is 2.89. The van der Waals surface area contributed by atoms with Crippen LogP contribution in [0.25, 0.3) is 10.9 Å². The monoisotopic (exact) mass is 590 g/mol. The molecule has 2 aromatic carbocycles. The lowest BCUT2D eigenvalue weighted by Crippen LogP contribution is -2.46. The van der Waals surface area contributed by atoms with Crippen LogP contribution < -0.4 is 10.6 Å². The van der Waals surface area contributed by atoms with Crippen LogP contribution >= 0.6 is 23.4 Å². The van der Waals surface area contributed by atoms with E-state index in [2.05, 4.69) is 27.4 Å². The summed E-state index contributed by atoms with van der Waals surface area (Å²) in [7, 11) is 0. The van der Waals surface area contributed by atoms with Crippen molar-refractivity contribution in [1.29, 1.82) is 0 Å². The molecule has 2 fully saturated rings. The van der Waals surface area contributed by atoms with E-state index in [1.54, 1.807) is 23.9 Å². The number of anilines is 2. The Kier molecular flexibility index (Phi) is 9.41. The molecule has 0 radical (unpaired) electrons. The average Bonchev–Trinajstić information content (AvgIpc) is 3.29. The van der Waals surface area contributed by atoms with Crippen molar-refractivity contribution in [2.24, 2.45) is 0 Å². The second-order valence-corrected chi connectivity index (χ2v) is 11.5. The molecule has 40 heavy (non-hydrogen) atoms. The summed E-state index contributed by atoms with van der Waals surface area (Å²) in [4.78, 5) is 3.54. The molecule has 0 spiro atoms. The Morgan fingerprint density at radius 2 is 1.85 bits per heavy atom. The molecule has 2 aliphatic rings. The van der Waals surface area contributed by atoms with Gasteiger partial charge in [-0.3, -0.25) is 0 Å². The molecule has 3 heterocycles. The number of ether oxygens (including phenoxy) is 1. The third kappa shape index (κ3) is 7.22. The van der Waals surface area contributed by atoms with Gasteiger partial charge >= 0.3 is 6.18 Å². The van der Waals surface area contributed by atoms with E-state index >= 15 is 0 Å². The number of hydrogen-bond donors (Lipinski definition) is 2. The van der Waals surface area contributed by atoms with Crippen LogP contribution in [-0.4, -0.2) is 66.8 Å². The number of nitrogens with zero attached hydrogens (tertiary/aromatic N) is 2. The van der Waals surface area contributed by atoms with Gasteiger partial charge in [0.05, 0.1) is 22.8 Å². The Morgan fingerprint density at radius 3 is 2.55 bits per heavy atom. The molecule has 0 amide bonds. The fourth-order valence-corrected chi connectivity index (χ4v) is 6.47. The van der Waals surface area contributed by atoms with Crippen LogP contribution in [0.2, 0.25) is 5.02 Å². The van der Waals surface area contributed by atoms with Crippen molar-refractivity contribution >= 4 is 45.6 Å². The molecule has 2 saturated heterocycles. The maximum absolute atomic E-state index is 13.6. The zero-order valence-electron chi connectivity index (χ0n) is 22.5. The number of hydrogen-bond acceptors (Lipinski definition) is 5. The van der Waals surface area contributed by atoms with E-state index in [0.29, 0.717) is 22.3 Å². The maximum atomic E-state index is 13.6. The van der Waals surface area contributed by atoms with Crippen LogP contribution in [-0.2, 0) is 11.3 Å². The summed E-state index contributed by atoms with van der Waals surface area (Å²) >= 11 is 7.84. The summed E-state index contributed by atoms with van der Waals surface area (Å²) in [6, 6.07) is 13.8. The lowest BCUT2D eigenvalue weighted by Gasteiger charge is -2.39. The van der Waals surface area contributed by atoms with Crippen LogP contribution in [0.3, 0.4) is 0 Å². The van der Waals surface area contributed by atoms with Crippen molar-refractivity contribution < 1.29 is 17.9 Å².